The van der Waals surface area contributed by atoms with Gasteiger partial charge in [0, 0.05) is 6.42 Å². The molecule has 15 heavy (non-hydrogen) atoms. The van der Waals surface area contributed by atoms with E-state index in [0.29, 0.717) is 6.42 Å². The minimum Gasteiger partial charge on any atom is -0.508 e. The Hall–Kier alpha value is -1.84. The van der Waals surface area contributed by atoms with Crippen LogP contribution in [0, 0.1) is 0 Å². The summed E-state index contributed by atoms with van der Waals surface area (Å²) in [4.78, 5) is 11.0. The van der Waals surface area contributed by atoms with Crippen LogP contribution in [0.1, 0.15) is 25.3 Å². The number of hydrogen-bond donors (Lipinski definition) is 2. The van der Waals surface area contributed by atoms with Crippen LogP contribution in [0.15, 0.2) is 29.4 Å². The molecule has 1 rings (SSSR count). The van der Waals surface area contributed by atoms with Crippen molar-refractivity contribution in [1.29, 1.82) is 0 Å². The molecule has 4 nitrogen and oxygen atoms in total. The van der Waals surface area contributed by atoms with Gasteiger partial charge in [-0.05, 0) is 36.2 Å². The number of carbonyl (C=O) groups excluding carboxylic acids is 1. The monoisotopic (exact) mass is 206 g/mol. The summed E-state index contributed by atoms with van der Waals surface area (Å²) in [6, 6.07) is 6.56. The maximum Gasteiger partial charge on any atom is 0.240 e. The van der Waals surface area contributed by atoms with Crippen LogP contribution in [0.2, 0.25) is 0 Å². The van der Waals surface area contributed by atoms with Crippen molar-refractivity contribution in [3.63, 3.8) is 0 Å². The first-order valence-corrected chi connectivity index (χ1v) is 4.83. The highest BCUT2D eigenvalue weighted by Crippen LogP contribution is 2.07. The molecule has 4 heteroatoms. The Balaban J connectivity index is 2.44. The van der Waals surface area contributed by atoms with E-state index in [1.54, 1.807) is 24.3 Å². The molecule has 0 atom stereocenters. The second-order valence-corrected chi connectivity index (χ2v) is 3.13. The van der Waals surface area contributed by atoms with E-state index in [4.69, 9.17) is 5.11 Å². The van der Waals surface area contributed by atoms with Gasteiger partial charge in [0.2, 0.25) is 5.91 Å². The lowest BCUT2D eigenvalue weighted by Crippen LogP contribution is -2.16. The third kappa shape index (κ3) is 4.26. The van der Waals surface area contributed by atoms with E-state index in [-0.39, 0.29) is 11.7 Å². The second-order valence-electron chi connectivity index (χ2n) is 3.13. The van der Waals surface area contributed by atoms with Crippen molar-refractivity contribution in [3.8, 4) is 5.75 Å². The summed E-state index contributed by atoms with van der Waals surface area (Å²) >= 11 is 0. The van der Waals surface area contributed by atoms with E-state index in [0.717, 1.165) is 12.0 Å². The second kappa shape index (κ2) is 5.80. The van der Waals surface area contributed by atoms with Gasteiger partial charge in [0.05, 0.1) is 6.21 Å². The van der Waals surface area contributed by atoms with Crippen LogP contribution in [0.4, 0.5) is 0 Å². The SMILES string of the molecule is CCCC(=O)N/N=C/c1ccc(O)cc1. The highest BCUT2D eigenvalue weighted by molar-refractivity contribution is 5.82. The topological polar surface area (TPSA) is 61.7 Å². The fourth-order valence-electron chi connectivity index (χ4n) is 1.02. The zero-order chi connectivity index (χ0) is 11.1. The number of amides is 1. The van der Waals surface area contributed by atoms with Gasteiger partial charge in [-0.3, -0.25) is 4.79 Å². The van der Waals surface area contributed by atoms with Gasteiger partial charge in [-0.15, -0.1) is 0 Å². The summed E-state index contributed by atoms with van der Waals surface area (Å²) in [5.41, 5.74) is 3.24. The molecular formula is C11H14N2O2. The molecule has 0 aromatic heterocycles. The number of nitrogens with one attached hydrogen (secondary N) is 1. The third-order valence-corrected chi connectivity index (χ3v) is 1.77. The Bertz CT molecular complexity index is 344. The molecule has 0 heterocycles. The maximum atomic E-state index is 11.0. The van der Waals surface area contributed by atoms with Crippen LogP contribution >= 0.6 is 0 Å². The Kier molecular flexibility index (Phi) is 4.34. The lowest BCUT2D eigenvalue weighted by Gasteiger charge is -1.96. The van der Waals surface area contributed by atoms with Crippen molar-refractivity contribution in [3.05, 3.63) is 29.8 Å². The summed E-state index contributed by atoms with van der Waals surface area (Å²) in [5, 5.41) is 12.8. The van der Waals surface area contributed by atoms with Crippen LogP contribution < -0.4 is 5.43 Å². The van der Waals surface area contributed by atoms with Gasteiger partial charge in [-0.25, -0.2) is 5.43 Å². The summed E-state index contributed by atoms with van der Waals surface area (Å²) in [6.07, 6.45) is 2.82. The van der Waals surface area contributed by atoms with E-state index in [1.807, 2.05) is 6.92 Å². The Morgan fingerprint density at radius 2 is 2.13 bits per heavy atom. The van der Waals surface area contributed by atoms with Gasteiger partial charge < -0.3 is 5.11 Å². The molecule has 1 aromatic rings. The summed E-state index contributed by atoms with van der Waals surface area (Å²) in [7, 11) is 0. The molecule has 0 bridgehead atoms. The highest BCUT2D eigenvalue weighted by Gasteiger charge is 1.94. The Morgan fingerprint density at radius 1 is 1.47 bits per heavy atom. The quantitative estimate of drug-likeness (QED) is 0.581. The van der Waals surface area contributed by atoms with Crippen molar-refractivity contribution in [2.45, 2.75) is 19.8 Å². The van der Waals surface area contributed by atoms with E-state index < -0.39 is 0 Å². The van der Waals surface area contributed by atoms with Crippen LogP contribution in [-0.2, 0) is 4.79 Å². The minimum absolute atomic E-state index is 0.0903. The molecule has 0 aliphatic rings. The van der Waals surface area contributed by atoms with Crippen LogP contribution in [-0.4, -0.2) is 17.2 Å². The van der Waals surface area contributed by atoms with Gasteiger partial charge in [0.15, 0.2) is 0 Å². The zero-order valence-electron chi connectivity index (χ0n) is 8.60. The van der Waals surface area contributed by atoms with Crippen molar-refractivity contribution < 1.29 is 9.90 Å². The number of hydrogen-bond acceptors (Lipinski definition) is 3. The van der Waals surface area contributed by atoms with Crippen LogP contribution in [0.3, 0.4) is 0 Å². The molecule has 0 radical (unpaired) electrons. The van der Waals surface area contributed by atoms with Gasteiger partial charge in [0.1, 0.15) is 5.75 Å². The lowest BCUT2D eigenvalue weighted by atomic mass is 10.2. The van der Waals surface area contributed by atoms with Crippen LogP contribution in [0.25, 0.3) is 0 Å². The molecule has 2 N–H and O–H groups in total. The minimum atomic E-state index is -0.0903. The van der Waals surface area contributed by atoms with Gasteiger partial charge >= 0.3 is 0 Å². The molecule has 80 valence electrons. The fourth-order valence-corrected chi connectivity index (χ4v) is 1.02. The summed E-state index contributed by atoms with van der Waals surface area (Å²) in [6.45, 7) is 1.93. The van der Waals surface area contributed by atoms with Crippen molar-refractivity contribution in [2.75, 3.05) is 0 Å². The molecule has 0 aliphatic heterocycles. The molecular weight excluding hydrogens is 192 g/mol. The molecule has 0 spiro atoms. The number of nitrogens with zero attached hydrogens (tertiary/aromatic N) is 1. The Morgan fingerprint density at radius 3 is 2.73 bits per heavy atom. The van der Waals surface area contributed by atoms with Crippen molar-refractivity contribution >= 4 is 12.1 Å². The van der Waals surface area contributed by atoms with Gasteiger partial charge in [-0.2, -0.15) is 5.10 Å². The predicted molar refractivity (Wildman–Crippen MR) is 58.8 cm³/mol. The largest absolute Gasteiger partial charge is 0.508 e. The average Bonchev–Trinajstić information content (AvgIpc) is 2.21. The summed E-state index contributed by atoms with van der Waals surface area (Å²) in [5.74, 6) is 0.120. The molecule has 1 aromatic carbocycles. The molecule has 0 saturated heterocycles. The average molecular weight is 206 g/mol. The molecule has 0 unspecified atom stereocenters. The number of carbonyl (C=O) groups is 1. The third-order valence-electron chi connectivity index (χ3n) is 1.77. The number of rotatable bonds is 4. The molecule has 1 amide bonds. The molecule has 0 fully saturated rings. The van der Waals surface area contributed by atoms with E-state index >= 15 is 0 Å². The first-order valence-electron chi connectivity index (χ1n) is 4.83. The number of hydrazone groups is 1. The van der Waals surface area contributed by atoms with Gasteiger partial charge in [0.25, 0.3) is 0 Å². The first kappa shape index (κ1) is 11.2. The van der Waals surface area contributed by atoms with E-state index in [1.165, 1.54) is 6.21 Å². The summed E-state index contributed by atoms with van der Waals surface area (Å²) < 4.78 is 0. The van der Waals surface area contributed by atoms with Crippen molar-refractivity contribution in [2.24, 2.45) is 5.10 Å². The van der Waals surface area contributed by atoms with Crippen molar-refractivity contribution in [1.82, 2.24) is 5.43 Å². The predicted octanol–water partition coefficient (Wildman–Crippen LogP) is 1.64. The number of aromatic hydroxyl groups is 1. The normalized spacial score (nSPS) is 10.5. The smallest absolute Gasteiger partial charge is 0.240 e. The zero-order valence-corrected chi connectivity index (χ0v) is 8.60. The van der Waals surface area contributed by atoms with E-state index in [2.05, 4.69) is 10.5 Å². The van der Waals surface area contributed by atoms with E-state index in [9.17, 15) is 4.79 Å². The fraction of sp³-hybridized carbons (Fsp3) is 0.273. The molecule has 0 aliphatic carbocycles. The number of benzene rings is 1. The number of phenols is 1. The first-order chi connectivity index (χ1) is 7.22. The number of phenolic OH excluding ortho intramolecular Hbond substituents is 1. The maximum absolute atomic E-state index is 11.0. The standard InChI is InChI=1S/C11H14N2O2/c1-2-3-11(15)13-12-8-9-4-6-10(14)7-5-9/h4-8,14H,2-3H2,1H3,(H,13,15)/b12-8+. The lowest BCUT2D eigenvalue weighted by molar-refractivity contribution is -0.121. The highest BCUT2D eigenvalue weighted by atomic mass is 16.3. The van der Waals surface area contributed by atoms with Crippen LogP contribution in [0.5, 0.6) is 5.75 Å². The Labute approximate surface area is 88.6 Å². The van der Waals surface area contributed by atoms with Gasteiger partial charge in [-0.1, -0.05) is 6.92 Å². The molecule has 0 saturated carbocycles.